The van der Waals surface area contributed by atoms with Crippen molar-refractivity contribution in [1.82, 2.24) is 5.32 Å². The molecule has 1 atom stereocenters. The minimum absolute atomic E-state index is 0.190. The van der Waals surface area contributed by atoms with Crippen molar-refractivity contribution < 1.29 is 9.66 Å². The van der Waals surface area contributed by atoms with Crippen LogP contribution in [-0.4, -0.2) is 24.6 Å². The van der Waals surface area contributed by atoms with E-state index in [2.05, 4.69) is 12.2 Å². The molecule has 0 spiro atoms. The summed E-state index contributed by atoms with van der Waals surface area (Å²) in [6, 6.07) is 5.31. The fourth-order valence-electron chi connectivity index (χ4n) is 2.50. The van der Waals surface area contributed by atoms with Crippen LogP contribution in [0.2, 0.25) is 0 Å². The largest absolute Gasteiger partial charge is 0.497 e. The van der Waals surface area contributed by atoms with Crippen LogP contribution in [0.15, 0.2) is 18.2 Å². The molecule has 2 rings (SSSR count). The Morgan fingerprint density at radius 1 is 1.50 bits per heavy atom. The quantitative estimate of drug-likeness (QED) is 0.586. The fraction of sp³-hybridized carbons (Fsp3) is 0.600. The van der Waals surface area contributed by atoms with Gasteiger partial charge in [0.25, 0.3) is 5.69 Å². The summed E-state index contributed by atoms with van der Waals surface area (Å²) in [4.78, 5) is 10.8. The third-order valence-electron chi connectivity index (χ3n) is 3.77. The topological polar surface area (TPSA) is 64.4 Å². The monoisotopic (exact) mass is 278 g/mol. The van der Waals surface area contributed by atoms with Gasteiger partial charge in [0.05, 0.1) is 12.0 Å². The molecule has 0 bridgehead atoms. The van der Waals surface area contributed by atoms with Gasteiger partial charge in [-0.05, 0) is 50.3 Å². The maximum Gasteiger partial charge on any atom is 0.272 e. The first-order valence-electron chi connectivity index (χ1n) is 7.20. The van der Waals surface area contributed by atoms with Gasteiger partial charge in [-0.3, -0.25) is 10.1 Å². The van der Waals surface area contributed by atoms with Gasteiger partial charge in [0.2, 0.25) is 0 Å². The molecule has 1 saturated carbocycles. The molecule has 1 aromatic rings. The van der Waals surface area contributed by atoms with Gasteiger partial charge in [0, 0.05) is 17.7 Å². The van der Waals surface area contributed by atoms with Gasteiger partial charge < -0.3 is 10.1 Å². The number of rotatable bonds is 8. The summed E-state index contributed by atoms with van der Waals surface area (Å²) in [6.45, 7) is 3.09. The van der Waals surface area contributed by atoms with Crippen LogP contribution in [0, 0.1) is 16.0 Å². The number of ether oxygens (including phenoxy) is 1. The molecule has 0 aromatic heterocycles. The molecular formula is C15H22N2O3. The molecule has 0 saturated heterocycles. The predicted molar refractivity (Wildman–Crippen MR) is 78.2 cm³/mol. The highest BCUT2D eigenvalue weighted by molar-refractivity contribution is 5.45. The van der Waals surface area contributed by atoms with Crippen LogP contribution in [0.5, 0.6) is 5.75 Å². The zero-order chi connectivity index (χ0) is 14.5. The van der Waals surface area contributed by atoms with E-state index >= 15 is 0 Å². The van der Waals surface area contributed by atoms with Crippen molar-refractivity contribution in [2.75, 3.05) is 13.7 Å². The second-order valence-corrected chi connectivity index (χ2v) is 5.35. The molecule has 1 aliphatic rings. The first kappa shape index (κ1) is 14.8. The van der Waals surface area contributed by atoms with Crippen molar-refractivity contribution in [2.24, 2.45) is 5.92 Å². The SMILES string of the molecule is CCCNC(Cc1cc(OC)ccc1[N+](=O)[O-])C1CC1. The van der Waals surface area contributed by atoms with Gasteiger partial charge in [-0.15, -0.1) is 0 Å². The summed E-state index contributed by atoms with van der Waals surface area (Å²) in [5, 5.41) is 14.7. The Bertz CT molecular complexity index is 472. The fourth-order valence-corrected chi connectivity index (χ4v) is 2.50. The maximum absolute atomic E-state index is 11.1. The van der Waals surface area contributed by atoms with E-state index in [1.165, 1.54) is 18.9 Å². The Hall–Kier alpha value is -1.62. The molecule has 0 aliphatic heterocycles. The summed E-state index contributed by atoms with van der Waals surface area (Å²) < 4.78 is 5.19. The Kier molecular flexibility index (Phi) is 4.95. The third kappa shape index (κ3) is 3.70. The van der Waals surface area contributed by atoms with Gasteiger partial charge in [-0.2, -0.15) is 0 Å². The van der Waals surface area contributed by atoms with E-state index < -0.39 is 0 Å². The van der Waals surface area contributed by atoms with Gasteiger partial charge in [-0.25, -0.2) is 0 Å². The highest BCUT2D eigenvalue weighted by Gasteiger charge is 2.32. The summed E-state index contributed by atoms with van der Waals surface area (Å²) in [5.41, 5.74) is 0.949. The van der Waals surface area contributed by atoms with Gasteiger partial charge in [-0.1, -0.05) is 6.92 Å². The van der Waals surface area contributed by atoms with Gasteiger partial charge >= 0.3 is 0 Å². The lowest BCUT2D eigenvalue weighted by Crippen LogP contribution is -2.33. The van der Waals surface area contributed by atoms with Crippen LogP contribution in [0.1, 0.15) is 31.7 Å². The Balaban J connectivity index is 2.17. The summed E-state index contributed by atoms with van der Waals surface area (Å²) in [6.07, 6.45) is 4.21. The number of nitrogens with one attached hydrogen (secondary N) is 1. The Morgan fingerprint density at radius 3 is 2.80 bits per heavy atom. The minimum Gasteiger partial charge on any atom is -0.497 e. The molecule has 5 heteroatoms. The van der Waals surface area contributed by atoms with Gasteiger partial charge in [0.1, 0.15) is 5.75 Å². The number of nitrogens with zero attached hydrogens (tertiary/aromatic N) is 1. The second kappa shape index (κ2) is 6.70. The maximum atomic E-state index is 11.1. The van der Waals surface area contributed by atoms with Crippen LogP contribution < -0.4 is 10.1 Å². The van der Waals surface area contributed by atoms with E-state index in [0.717, 1.165) is 18.5 Å². The highest BCUT2D eigenvalue weighted by atomic mass is 16.6. The molecule has 0 amide bonds. The molecule has 1 N–H and O–H groups in total. The van der Waals surface area contributed by atoms with Crippen molar-refractivity contribution >= 4 is 5.69 Å². The second-order valence-electron chi connectivity index (χ2n) is 5.35. The highest BCUT2D eigenvalue weighted by Crippen LogP contribution is 2.36. The van der Waals surface area contributed by atoms with Crippen LogP contribution in [0.3, 0.4) is 0 Å². The van der Waals surface area contributed by atoms with Gasteiger partial charge in [0.15, 0.2) is 0 Å². The van der Waals surface area contributed by atoms with E-state index in [-0.39, 0.29) is 10.6 Å². The van der Waals surface area contributed by atoms with Crippen molar-refractivity contribution in [3.63, 3.8) is 0 Å². The summed E-state index contributed by atoms with van der Waals surface area (Å²) >= 11 is 0. The first-order valence-corrected chi connectivity index (χ1v) is 7.20. The smallest absolute Gasteiger partial charge is 0.272 e. The van der Waals surface area contributed by atoms with E-state index in [9.17, 15) is 10.1 Å². The van der Waals surface area contributed by atoms with E-state index in [1.807, 2.05) is 0 Å². The number of nitro benzene ring substituents is 1. The first-order chi connectivity index (χ1) is 9.65. The molecule has 0 radical (unpaired) electrons. The van der Waals surface area contributed by atoms with Crippen LogP contribution in [0.4, 0.5) is 5.69 Å². The molecule has 1 fully saturated rings. The average Bonchev–Trinajstić information content (AvgIpc) is 3.27. The van der Waals surface area contributed by atoms with Crippen LogP contribution >= 0.6 is 0 Å². The van der Waals surface area contributed by atoms with Crippen molar-refractivity contribution in [1.29, 1.82) is 0 Å². The molecule has 1 aliphatic carbocycles. The molecule has 1 unspecified atom stereocenters. The van der Waals surface area contributed by atoms with Crippen molar-refractivity contribution in [2.45, 2.75) is 38.6 Å². The lowest BCUT2D eigenvalue weighted by molar-refractivity contribution is -0.385. The van der Waals surface area contributed by atoms with Crippen LogP contribution in [-0.2, 0) is 6.42 Å². The number of nitro groups is 1. The van der Waals surface area contributed by atoms with Crippen molar-refractivity contribution in [3.8, 4) is 5.75 Å². The standard InChI is InChI=1S/C15H22N2O3/c1-3-8-16-14(11-4-5-11)10-12-9-13(20-2)6-7-15(12)17(18)19/h6-7,9,11,14,16H,3-5,8,10H2,1-2H3. The average molecular weight is 278 g/mol. The normalized spacial score (nSPS) is 15.9. The third-order valence-corrected chi connectivity index (χ3v) is 3.77. The van der Waals surface area contributed by atoms with Crippen molar-refractivity contribution in [3.05, 3.63) is 33.9 Å². The van der Waals surface area contributed by atoms with Crippen LogP contribution in [0.25, 0.3) is 0 Å². The molecule has 0 heterocycles. The number of methoxy groups -OCH3 is 1. The zero-order valence-electron chi connectivity index (χ0n) is 12.1. The number of hydrogen-bond acceptors (Lipinski definition) is 4. The molecule has 20 heavy (non-hydrogen) atoms. The number of benzene rings is 1. The minimum atomic E-state index is -0.307. The van der Waals surface area contributed by atoms with E-state index in [0.29, 0.717) is 24.1 Å². The molecular weight excluding hydrogens is 256 g/mol. The zero-order valence-corrected chi connectivity index (χ0v) is 12.1. The molecule has 110 valence electrons. The molecule has 5 nitrogen and oxygen atoms in total. The summed E-state index contributed by atoms with van der Waals surface area (Å²) in [7, 11) is 1.58. The lowest BCUT2D eigenvalue weighted by atomic mass is 10.00. The Morgan fingerprint density at radius 2 is 2.25 bits per heavy atom. The van der Waals surface area contributed by atoms with E-state index in [1.54, 1.807) is 19.2 Å². The number of hydrogen-bond donors (Lipinski definition) is 1. The predicted octanol–water partition coefficient (Wildman–Crippen LogP) is 2.92. The van der Waals surface area contributed by atoms with E-state index in [4.69, 9.17) is 4.74 Å². The summed E-state index contributed by atoms with van der Waals surface area (Å²) in [5.74, 6) is 1.34. The molecule has 1 aromatic carbocycles. The lowest BCUT2D eigenvalue weighted by Gasteiger charge is -2.18. The Labute approximate surface area is 119 Å².